The van der Waals surface area contributed by atoms with Gasteiger partial charge < -0.3 is 14.5 Å². The molecule has 0 N–H and O–H groups in total. The number of nitriles is 1. The van der Waals surface area contributed by atoms with E-state index in [1.54, 1.807) is 29.3 Å². The molecule has 1 atom stereocenters. The number of fused-ring (bicyclic) bond motifs is 5. The molecule has 0 unspecified atom stereocenters. The predicted octanol–water partition coefficient (Wildman–Crippen LogP) is 5.68. The molecular weight excluding hydrogens is 583 g/mol. The summed E-state index contributed by atoms with van der Waals surface area (Å²) in [6.45, 7) is 10.5. The lowest BCUT2D eigenvalue weighted by atomic mass is 9.94. The Morgan fingerprint density at radius 3 is 2.82 bits per heavy atom. The smallest absolute Gasteiger partial charge is 0.354 e. The van der Waals surface area contributed by atoms with Crippen LogP contribution in [0, 0.1) is 24.1 Å². The standard InChI is InChI=1S/C33H30ClFN6O3/c1-5-25(42)40-14-13-39(16-21(40)9-11-36)32-22-15-23(34)27-26-20(7-6-8-24(26)35)17-44-31(27)30(22)41(33(43)38-32)29-19(4)10-12-37-28(29)18(2)3/h5-8,10,12,15,18,21H,1,9,13-14,16-17H2,2-4H3/t21-/m1/s1. The maximum atomic E-state index is 15.4. The molecule has 11 heteroatoms. The minimum atomic E-state index is -0.570. The molecule has 6 rings (SSSR count). The van der Waals surface area contributed by atoms with Crippen LogP contribution in [-0.2, 0) is 11.4 Å². The van der Waals surface area contributed by atoms with Crippen molar-refractivity contribution < 1.29 is 13.9 Å². The van der Waals surface area contributed by atoms with Crippen LogP contribution in [0.4, 0.5) is 10.2 Å². The number of aromatic nitrogens is 3. The van der Waals surface area contributed by atoms with Crippen LogP contribution < -0.4 is 15.3 Å². The molecule has 2 aliphatic rings. The Balaban J connectivity index is 1.68. The molecule has 4 heterocycles. The first-order valence-corrected chi connectivity index (χ1v) is 14.7. The van der Waals surface area contributed by atoms with Crippen LogP contribution in [0.25, 0.3) is 27.7 Å². The number of piperazine rings is 1. The van der Waals surface area contributed by atoms with Crippen molar-refractivity contribution in [3.63, 3.8) is 0 Å². The van der Waals surface area contributed by atoms with E-state index in [4.69, 9.17) is 16.3 Å². The zero-order chi connectivity index (χ0) is 31.3. The number of pyridine rings is 1. The first-order chi connectivity index (χ1) is 21.2. The third-order valence-corrected chi connectivity index (χ3v) is 8.58. The first-order valence-electron chi connectivity index (χ1n) is 14.4. The number of hydrogen-bond donors (Lipinski definition) is 0. The summed E-state index contributed by atoms with van der Waals surface area (Å²) in [6, 6.07) is 10.0. The van der Waals surface area contributed by atoms with E-state index >= 15 is 4.39 Å². The van der Waals surface area contributed by atoms with Crippen molar-refractivity contribution >= 4 is 34.2 Å². The molecule has 0 aliphatic carbocycles. The molecule has 2 aromatic heterocycles. The second-order valence-electron chi connectivity index (χ2n) is 11.3. The van der Waals surface area contributed by atoms with Crippen molar-refractivity contribution in [2.45, 2.75) is 45.8 Å². The van der Waals surface area contributed by atoms with E-state index in [1.807, 2.05) is 31.7 Å². The van der Waals surface area contributed by atoms with E-state index < -0.39 is 17.5 Å². The van der Waals surface area contributed by atoms with E-state index in [0.717, 1.165) is 5.56 Å². The molecule has 2 aliphatic heterocycles. The number of aryl methyl sites for hydroxylation is 1. The zero-order valence-corrected chi connectivity index (χ0v) is 25.4. The largest absolute Gasteiger partial charge is 0.486 e. The fourth-order valence-electron chi connectivity index (χ4n) is 6.27. The molecule has 0 spiro atoms. The van der Waals surface area contributed by atoms with Gasteiger partial charge in [0.1, 0.15) is 23.8 Å². The lowest BCUT2D eigenvalue weighted by Gasteiger charge is -2.41. The van der Waals surface area contributed by atoms with E-state index in [1.165, 1.54) is 16.7 Å². The molecule has 1 fully saturated rings. The molecule has 0 bridgehead atoms. The molecule has 9 nitrogen and oxygen atoms in total. The van der Waals surface area contributed by atoms with Crippen molar-refractivity contribution in [1.29, 1.82) is 5.26 Å². The van der Waals surface area contributed by atoms with E-state index in [2.05, 4.69) is 22.6 Å². The molecule has 224 valence electrons. The fourth-order valence-corrected chi connectivity index (χ4v) is 6.56. The van der Waals surface area contributed by atoms with E-state index in [0.29, 0.717) is 57.9 Å². The van der Waals surface area contributed by atoms with Crippen molar-refractivity contribution in [3.8, 4) is 28.6 Å². The highest BCUT2D eigenvalue weighted by Gasteiger charge is 2.34. The van der Waals surface area contributed by atoms with Crippen molar-refractivity contribution in [3.05, 3.63) is 87.3 Å². The third kappa shape index (κ3) is 4.68. The number of hydrogen-bond acceptors (Lipinski definition) is 7. The zero-order valence-electron chi connectivity index (χ0n) is 24.6. The summed E-state index contributed by atoms with van der Waals surface area (Å²) in [5.41, 5.74) is 3.23. The Morgan fingerprint density at radius 2 is 2.09 bits per heavy atom. The van der Waals surface area contributed by atoms with Gasteiger partial charge in [-0.1, -0.05) is 44.2 Å². The Morgan fingerprint density at radius 1 is 1.30 bits per heavy atom. The number of carbonyl (C=O) groups excluding carboxylic acids is 1. The van der Waals surface area contributed by atoms with Gasteiger partial charge >= 0.3 is 5.69 Å². The molecule has 2 aromatic carbocycles. The average molecular weight is 613 g/mol. The molecule has 0 radical (unpaired) electrons. The molecule has 0 saturated carbocycles. The van der Waals surface area contributed by atoms with Gasteiger partial charge in [-0.25, -0.2) is 9.18 Å². The minimum absolute atomic E-state index is 0.0315. The molecule has 1 amide bonds. The second kappa shape index (κ2) is 11.4. The van der Waals surface area contributed by atoms with Gasteiger partial charge in [-0.05, 0) is 42.7 Å². The summed E-state index contributed by atoms with van der Waals surface area (Å²) < 4.78 is 23.2. The van der Waals surface area contributed by atoms with Gasteiger partial charge in [0.2, 0.25) is 5.91 Å². The third-order valence-electron chi connectivity index (χ3n) is 8.28. The Kier molecular flexibility index (Phi) is 7.59. The van der Waals surface area contributed by atoms with Gasteiger partial charge in [-0.3, -0.25) is 14.3 Å². The average Bonchev–Trinajstić information content (AvgIpc) is 3.01. The van der Waals surface area contributed by atoms with Crippen LogP contribution >= 0.6 is 11.6 Å². The highest BCUT2D eigenvalue weighted by molar-refractivity contribution is 6.35. The molecule has 44 heavy (non-hydrogen) atoms. The first kappa shape index (κ1) is 29.3. The van der Waals surface area contributed by atoms with Crippen molar-refractivity contribution in [1.82, 2.24) is 19.4 Å². The van der Waals surface area contributed by atoms with E-state index in [9.17, 15) is 14.9 Å². The van der Waals surface area contributed by atoms with Crippen LogP contribution in [0.2, 0.25) is 5.02 Å². The minimum Gasteiger partial charge on any atom is -0.486 e. The van der Waals surface area contributed by atoms with E-state index in [-0.39, 0.29) is 42.2 Å². The lowest BCUT2D eigenvalue weighted by Crippen LogP contribution is -2.55. The van der Waals surface area contributed by atoms with Crippen molar-refractivity contribution in [2.24, 2.45) is 0 Å². The topological polar surface area (TPSA) is 104 Å². The number of carbonyl (C=O) groups is 1. The van der Waals surface area contributed by atoms with Gasteiger partial charge in [0.15, 0.2) is 5.75 Å². The summed E-state index contributed by atoms with van der Waals surface area (Å²) in [5, 5.41) is 10.3. The van der Waals surface area contributed by atoms with Gasteiger partial charge in [-0.15, -0.1) is 0 Å². The number of anilines is 1. The number of nitrogens with zero attached hydrogens (tertiary/aromatic N) is 6. The summed E-state index contributed by atoms with van der Waals surface area (Å²) >= 11 is 6.95. The second-order valence-corrected chi connectivity index (χ2v) is 11.7. The van der Waals surface area contributed by atoms with Gasteiger partial charge in [0.25, 0.3) is 0 Å². The number of benzene rings is 2. The Hall–Kier alpha value is -4.75. The van der Waals surface area contributed by atoms with Crippen LogP contribution in [-0.4, -0.2) is 51.0 Å². The number of amides is 1. The molecular formula is C33H30ClFN6O3. The monoisotopic (exact) mass is 612 g/mol. The van der Waals surface area contributed by atoms with Gasteiger partial charge in [-0.2, -0.15) is 10.2 Å². The highest BCUT2D eigenvalue weighted by Crippen LogP contribution is 2.49. The summed E-state index contributed by atoms with van der Waals surface area (Å²) in [4.78, 5) is 39.5. The van der Waals surface area contributed by atoms with Crippen LogP contribution in [0.1, 0.15) is 43.0 Å². The van der Waals surface area contributed by atoms with Crippen LogP contribution in [0.5, 0.6) is 5.75 Å². The molecule has 1 saturated heterocycles. The molecule has 4 aromatic rings. The van der Waals surface area contributed by atoms with Gasteiger partial charge in [0, 0.05) is 47.9 Å². The fraction of sp³-hybridized carbons (Fsp3) is 0.303. The van der Waals surface area contributed by atoms with Crippen LogP contribution in [0.3, 0.4) is 0 Å². The predicted molar refractivity (Wildman–Crippen MR) is 167 cm³/mol. The number of rotatable bonds is 5. The van der Waals surface area contributed by atoms with Crippen LogP contribution in [0.15, 0.2) is 54.0 Å². The SMILES string of the molecule is C=CC(=O)N1CCN(c2nc(=O)n(-c3c(C)ccnc3C(C)C)c3c4c(c(Cl)cc23)-c2c(F)cccc2CO4)C[C@H]1CC#N. The number of ether oxygens (including phenoxy) is 1. The van der Waals surface area contributed by atoms with Crippen molar-refractivity contribution in [2.75, 3.05) is 24.5 Å². The quantitative estimate of drug-likeness (QED) is 0.267. The normalized spacial score (nSPS) is 15.9. The maximum Gasteiger partial charge on any atom is 0.354 e. The Labute approximate surface area is 258 Å². The summed E-state index contributed by atoms with van der Waals surface area (Å²) in [5.74, 6) is -0.124. The summed E-state index contributed by atoms with van der Waals surface area (Å²) in [6.07, 6.45) is 3.03. The lowest BCUT2D eigenvalue weighted by molar-refractivity contribution is -0.128. The van der Waals surface area contributed by atoms with Gasteiger partial charge in [0.05, 0.1) is 34.9 Å². The highest BCUT2D eigenvalue weighted by atomic mass is 35.5. The number of halogens is 2. The maximum absolute atomic E-state index is 15.4. The Bertz CT molecular complexity index is 1950. The summed E-state index contributed by atoms with van der Waals surface area (Å²) in [7, 11) is 0.